The number of piperidine rings is 3. The molecule has 0 spiro atoms. The second-order valence-electron chi connectivity index (χ2n) is 5.74. The number of fused-ring (bicyclic) bond motifs is 3. The summed E-state index contributed by atoms with van der Waals surface area (Å²) in [5.41, 5.74) is -0.741. The molecule has 2 bridgehead atoms. The fourth-order valence-electron chi connectivity index (χ4n) is 3.31. The molecule has 3 atom stereocenters. The third kappa shape index (κ3) is 1.44. The maximum absolute atomic E-state index is 12.5. The number of carbonyl (C=O) groups excluding carboxylic acids is 1. The highest BCUT2D eigenvalue weighted by Gasteiger charge is 2.58. The molecule has 3 aliphatic rings. The summed E-state index contributed by atoms with van der Waals surface area (Å²) < 4.78 is 5.14. The largest absolute Gasteiger partial charge is 0.394 e. The normalized spacial score (nSPS) is 41.4. The van der Waals surface area contributed by atoms with Gasteiger partial charge in [-0.25, -0.2) is 0 Å². The molecule has 3 aliphatic heterocycles. The van der Waals surface area contributed by atoms with E-state index in [1.165, 1.54) is 0 Å². The Hall–Kier alpha value is -0.450. The van der Waals surface area contributed by atoms with E-state index in [4.69, 9.17) is 4.74 Å². The summed E-state index contributed by atoms with van der Waals surface area (Å²) in [6, 6.07) is 0. The van der Waals surface area contributed by atoms with Crippen LogP contribution < -0.4 is 0 Å². The molecule has 0 aromatic carbocycles. The van der Waals surface area contributed by atoms with Crippen molar-refractivity contribution in [3.8, 4) is 0 Å². The SMILES string of the molecule is COCC1(CO)C(=O)C2CCN1CC2(C)C. The topological polar surface area (TPSA) is 49.8 Å². The number of Topliss-reactive ketones (excluding diaryl/α,β-unsaturated/α-hetero) is 1. The minimum Gasteiger partial charge on any atom is -0.394 e. The van der Waals surface area contributed by atoms with Gasteiger partial charge in [-0.1, -0.05) is 13.8 Å². The van der Waals surface area contributed by atoms with Crippen molar-refractivity contribution in [2.75, 3.05) is 33.4 Å². The van der Waals surface area contributed by atoms with Gasteiger partial charge in [-0.15, -0.1) is 0 Å². The van der Waals surface area contributed by atoms with Crippen LogP contribution in [0.25, 0.3) is 0 Å². The van der Waals surface area contributed by atoms with Crippen LogP contribution in [0.5, 0.6) is 0 Å². The van der Waals surface area contributed by atoms with Crippen LogP contribution >= 0.6 is 0 Å². The van der Waals surface area contributed by atoms with Gasteiger partial charge in [0.15, 0.2) is 5.78 Å². The molecule has 1 N–H and O–H groups in total. The van der Waals surface area contributed by atoms with Crippen LogP contribution in [0.2, 0.25) is 0 Å². The first-order valence-electron chi connectivity index (χ1n) is 5.87. The number of nitrogens with zero attached hydrogens (tertiary/aromatic N) is 1. The van der Waals surface area contributed by atoms with E-state index in [0.717, 1.165) is 19.5 Å². The molecule has 4 heteroatoms. The summed E-state index contributed by atoms with van der Waals surface area (Å²) in [5, 5.41) is 9.59. The zero-order valence-corrected chi connectivity index (χ0v) is 10.3. The first-order valence-corrected chi connectivity index (χ1v) is 5.87. The number of rotatable bonds is 3. The van der Waals surface area contributed by atoms with Crippen molar-refractivity contribution in [3.05, 3.63) is 0 Å². The molecule has 0 radical (unpaired) electrons. The van der Waals surface area contributed by atoms with Gasteiger partial charge in [0.25, 0.3) is 0 Å². The lowest BCUT2D eigenvalue weighted by Crippen LogP contribution is -2.73. The lowest BCUT2D eigenvalue weighted by atomic mass is 9.62. The van der Waals surface area contributed by atoms with Crippen LogP contribution in [0.15, 0.2) is 0 Å². The summed E-state index contributed by atoms with van der Waals surface area (Å²) in [7, 11) is 1.58. The summed E-state index contributed by atoms with van der Waals surface area (Å²) in [6.07, 6.45) is 0.914. The molecule has 3 saturated heterocycles. The Bertz CT molecular complexity index is 303. The average Bonchev–Trinajstić information content (AvgIpc) is 2.22. The molecule has 0 aliphatic carbocycles. The van der Waals surface area contributed by atoms with Gasteiger partial charge in [0.2, 0.25) is 0 Å². The van der Waals surface area contributed by atoms with Crippen molar-refractivity contribution in [2.24, 2.45) is 11.3 Å². The molecule has 16 heavy (non-hydrogen) atoms. The third-order valence-electron chi connectivity index (χ3n) is 4.25. The van der Waals surface area contributed by atoms with E-state index in [2.05, 4.69) is 18.7 Å². The molecule has 0 aromatic rings. The van der Waals surface area contributed by atoms with Gasteiger partial charge in [-0.3, -0.25) is 9.69 Å². The van der Waals surface area contributed by atoms with Crippen LogP contribution in [-0.4, -0.2) is 54.7 Å². The van der Waals surface area contributed by atoms with Crippen molar-refractivity contribution in [2.45, 2.75) is 25.8 Å². The minimum atomic E-state index is -0.771. The van der Waals surface area contributed by atoms with Crippen LogP contribution in [0.3, 0.4) is 0 Å². The van der Waals surface area contributed by atoms with Gasteiger partial charge in [-0.05, 0) is 11.8 Å². The molecule has 92 valence electrons. The maximum Gasteiger partial charge on any atom is 0.161 e. The van der Waals surface area contributed by atoms with Gasteiger partial charge < -0.3 is 9.84 Å². The lowest BCUT2D eigenvalue weighted by molar-refractivity contribution is -0.172. The highest BCUT2D eigenvalue weighted by atomic mass is 16.5. The Morgan fingerprint density at radius 1 is 1.56 bits per heavy atom. The Labute approximate surface area is 96.6 Å². The van der Waals surface area contributed by atoms with E-state index in [-0.39, 0.29) is 23.7 Å². The Kier molecular flexibility index (Phi) is 2.85. The summed E-state index contributed by atoms with van der Waals surface area (Å²) in [6.45, 7) is 6.20. The number of aliphatic hydroxyl groups is 1. The van der Waals surface area contributed by atoms with Crippen molar-refractivity contribution in [3.63, 3.8) is 0 Å². The molecule has 0 aromatic heterocycles. The molecular formula is C12H21NO3. The van der Waals surface area contributed by atoms with Crippen LogP contribution in [-0.2, 0) is 9.53 Å². The number of hydrogen-bond acceptors (Lipinski definition) is 4. The van der Waals surface area contributed by atoms with Crippen molar-refractivity contribution in [1.29, 1.82) is 0 Å². The molecule has 3 fully saturated rings. The second kappa shape index (κ2) is 3.79. The van der Waals surface area contributed by atoms with Gasteiger partial charge in [0.1, 0.15) is 5.54 Å². The van der Waals surface area contributed by atoms with Crippen LogP contribution in [0.1, 0.15) is 20.3 Å². The van der Waals surface area contributed by atoms with E-state index in [1.54, 1.807) is 7.11 Å². The summed E-state index contributed by atoms with van der Waals surface area (Å²) in [4.78, 5) is 14.6. The predicted molar refractivity (Wildman–Crippen MR) is 60.2 cm³/mol. The molecule has 3 rings (SSSR count). The first-order chi connectivity index (χ1) is 7.48. The summed E-state index contributed by atoms with van der Waals surface area (Å²) >= 11 is 0. The Morgan fingerprint density at radius 3 is 2.69 bits per heavy atom. The predicted octanol–water partition coefficient (Wildman–Crippen LogP) is 0.295. The molecule has 3 unspecified atom stereocenters. The van der Waals surface area contributed by atoms with E-state index in [0.29, 0.717) is 6.61 Å². The smallest absolute Gasteiger partial charge is 0.161 e. The monoisotopic (exact) mass is 227 g/mol. The number of ketones is 1. The molecule has 0 saturated carbocycles. The minimum absolute atomic E-state index is 0.0295. The highest BCUT2D eigenvalue weighted by Crippen LogP contribution is 2.46. The van der Waals surface area contributed by atoms with Gasteiger partial charge in [-0.2, -0.15) is 0 Å². The second-order valence-corrected chi connectivity index (χ2v) is 5.74. The molecule has 3 heterocycles. The van der Waals surface area contributed by atoms with Gasteiger partial charge in [0.05, 0.1) is 13.2 Å². The third-order valence-corrected chi connectivity index (χ3v) is 4.25. The van der Waals surface area contributed by atoms with E-state index in [1.807, 2.05) is 0 Å². The summed E-state index contributed by atoms with van der Waals surface area (Å²) in [5.74, 6) is 0.235. The van der Waals surface area contributed by atoms with Crippen LogP contribution in [0.4, 0.5) is 0 Å². The fourth-order valence-corrected chi connectivity index (χ4v) is 3.31. The van der Waals surface area contributed by atoms with Gasteiger partial charge in [0, 0.05) is 26.1 Å². The van der Waals surface area contributed by atoms with E-state index in [9.17, 15) is 9.90 Å². The number of carbonyl (C=O) groups is 1. The first kappa shape index (κ1) is 12.0. The highest BCUT2D eigenvalue weighted by molar-refractivity contribution is 5.93. The lowest BCUT2D eigenvalue weighted by Gasteiger charge is -2.58. The van der Waals surface area contributed by atoms with E-state index >= 15 is 0 Å². The van der Waals surface area contributed by atoms with Gasteiger partial charge >= 0.3 is 0 Å². The number of aliphatic hydroxyl groups excluding tert-OH is 1. The van der Waals surface area contributed by atoms with Crippen molar-refractivity contribution < 1.29 is 14.6 Å². The fraction of sp³-hybridized carbons (Fsp3) is 0.917. The Balaban J connectivity index is 2.34. The quantitative estimate of drug-likeness (QED) is 0.753. The zero-order chi connectivity index (χ0) is 12.0. The van der Waals surface area contributed by atoms with Crippen molar-refractivity contribution in [1.82, 2.24) is 4.90 Å². The number of methoxy groups -OCH3 is 1. The molecule has 4 nitrogen and oxygen atoms in total. The molecular weight excluding hydrogens is 206 g/mol. The zero-order valence-electron chi connectivity index (χ0n) is 10.3. The molecule has 0 amide bonds. The van der Waals surface area contributed by atoms with Crippen molar-refractivity contribution >= 4 is 5.78 Å². The number of ether oxygens (including phenoxy) is 1. The van der Waals surface area contributed by atoms with Crippen LogP contribution in [0, 0.1) is 11.3 Å². The Morgan fingerprint density at radius 2 is 2.25 bits per heavy atom. The standard InChI is InChI=1S/C12H21NO3/c1-11(2)6-13-5-4-9(11)10(15)12(13,7-14)8-16-3/h9,14H,4-8H2,1-3H3. The number of hydrogen-bond donors (Lipinski definition) is 1. The van der Waals surface area contributed by atoms with E-state index < -0.39 is 5.54 Å². The average molecular weight is 227 g/mol. The maximum atomic E-state index is 12.5.